The maximum atomic E-state index is 6.19. The van der Waals surface area contributed by atoms with Crippen LogP contribution in [0.2, 0.25) is 0 Å². The molecule has 20 heavy (non-hydrogen) atoms. The third kappa shape index (κ3) is 1.85. The molecular formula is C18H15NO. The lowest BCUT2D eigenvalue weighted by molar-refractivity contribution is 0.482. The van der Waals surface area contributed by atoms with Gasteiger partial charge in [0.1, 0.15) is 11.5 Å². The molecule has 0 aliphatic heterocycles. The first-order chi connectivity index (χ1) is 9.92. The van der Waals surface area contributed by atoms with Gasteiger partial charge in [0.25, 0.3) is 0 Å². The summed E-state index contributed by atoms with van der Waals surface area (Å²) >= 11 is 0. The van der Waals surface area contributed by atoms with E-state index in [4.69, 9.17) is 9.72 Å². The van der Waals surface area contributed by atoms with Gasteiger partial charge in [-0.3, -0.25) is 4.98 Å². The van der Waals surface area contributed by atoms with Crippen LogP contribution in [0.1, 0.15) is 17.7 Å². The Balaban J connectivity index is 1.92. The highest BCUT2D eigenvalue weighted by Crippen LogP contribution is 2.38. The number of hydrogen-bond donors (Lipinski definition) is 0. The summed E-state index contributed by atoms with van der Waals surface area (Å²) in [5, 5.41) is 1.11. The van der Waals surface area contributed by atoms with Gasteiger partial charge in [-0.25, -0.2) is 0 Å². The number of fused-ring (bicyclic) bond motifs is 2. The lowest BCUT2D eigenvalue weighted by Crippen LogP contribution is -1.96. The summed E-state index contributed by atoms with van der Waals surface area (Å²) in [4.78, 5) is 4.78. The molecule has 0 unspecified atom stereocenters. The maximum Gasteiger partial charge on any atom is 0.141 e. The van der Waals surface area contributed by atoms with Crippen molar-refractivity contribution in [3.63, 3.8) is 0 Å². The topological polar surface area (TPSA) is 22.1 Å². The van der Waals surface area contributed by atoms with Gasteiger partial charge in [0.05, 0.1) is 5.52 Å². The van der Waals surface area contributed by atoms with E-state index in [2.05, 4.69) is 12.1 Å². The normalized spacial score (nSPS) is 13.4. The highest BCUT2D eigenvalue weighted by Gasteiger charge is 2.20. The van der Waals surface area contributed by atoms with E-state index >= 15 is 0 Å². The summed E-state index contributed by atoms with van der Waals surface area (Å²) in [6.45, 7) is 0. The Morgan fingerprint density at radius 2 is 1.65 bits per heavy atom. The second-order valence-electron chi connectivity index (χ2n) is 5.15. The van der Waals surface area contributed by atoms with Gasteiger partial charge in [-0.1, -0.05) is 30.3 Å². The molecule has 4 rings (SSSR count). The minimum atomic E-state index is 0.887. The van der Waals surface area contributed by atoms with Crippen LogP contribution >= 0.6 is 0 Å². The van der Waals surface area contributed by atoms with Crippen LogP contribution in [0.5, 0.6) is 11.5 Å². The predicted molar refractivity (Wildman–Crippen MR) is 80.3 cm³/mol. The van der Waals surface area contributed by atoms with Crippen molar-refractivity contribution in [3.05, 3.63) is 65.9 Å². The molecule has 0 saturated heterocycles. The molecule has 1 aromatic heterocycles. The summed E-state index contributed by atoms with van der Waals surface area (Å²) in [5.74, 6) is 1.88. The average molecular weight is 261 g/mol. The molecule has 1 aliphatic rings. The summed E-state index contributed by atoms with van der Waals surface area (Å²) in [5.41, 5.74) is 3.52. The van der Waals surface area contributed by atoms with Gasteiger partial charge in [0, 0.05) is 16.6 Å². The van der Waals surface area contributed by atoms with Gasteiger partial charge >= 0.3 is 0 Å². The van der Waals surface area contributed by atoms with Crippen molar-refractivity contribution in [2.75, 3.05) is 0 Å². The SMILES string of the molecule is c1ccc(Oc2c3c(nc4ccccc24)CCC3)cc1. The van der Waals surface area contributed by atoms with Gasteiger partial charge in [0.2, 0.25) is 0 Å². The van der Waals surface area contributed by atoms with E-state index in [9.17, 15) is 0 Å². The number of ether oxygens (including phenoxy) is 1. The van der Waals surface area contributed by atoms with Crippen LogP contribution in [-0.4, -0.2) is 4.98 Å². The van der Waals surface area contributed by atoms with Gasteiger partial charge in [-0.15, -0.1) is 0 Å². The zero-order valence-electron chi connectivity index (χ0n) is 11.2. The molecule has 0 fully saturated rings. The number of hydrogen-bond acceptors (Lipinski definition) is 2. The molecule has 2 heteroatoms. The summed E-state index contributed by atoms with van der Waals surface area (Å²) in [7, 11) is 0. The van der Waals surface area contributed by atoms with Crippen LogP contribution in [0.4, 0.5) is 0 Å². The van der Waals surface area contributed by atoms with Crippen LogP contribution < -0.4 is 4.74 Å². The molecule has 0 bridgehead atoms. The minimum absolute atomic E-state index is 0.887. The Morgan fingerprint density at radius 3 is 2.55 bits per heavy atom. The van der Waals surface area contributed by atoms with Crippen LogP contribution in [0.25, 0.3) is 10.9 Å². The lowest BCUT2D eigenvalue weighted by Gasteiger charge is -2.13. The largest absolute Gasteiger partial charge is 0.456 e. The predicted octanol–water partition coefficient (Wildman–Crippen LogP) is 4.52. The van der Waals surface area contributed by atoms with Crippen LogP contribution in [0.15, 0.2) is 54.6 Å². The van der Waals surface area contributed by atoms with Crippen molar-refractivity contribution < 1.29 is 4.74 Å². The van der Waals surface area contributed by atoms with Gasteiger partial charge in [0.15, 0.2) is 0 Å². The van der Waals surface area contributed by atoms with Crippen LogP contribution in [0.3, 0.4) is 0 Å². The van der Waals surface area contributed by atoms with E-state index in [1.807, 2.05) is 42.5 Å². The van der Waals surface area contributed by atoms with E-state index in [1.165, 1.54) is 17.7 Å². The Kier molecular flexibility index (Phi) is 2.66. The molecule has 0 saturated carbocycles. The zero-order chi connectivity index (χ0) is 13.4. The molecule has 0 spiro atoms. The van der Waals surface area contributed by atoms with E-state index in [0.29, 0.717) is 0 Å². The van der Waals surface area contributed by atoms with Gasteiger partial charge in [-0.05, 0) is 43.5 Å². The Bertz CT molecular complexity index is 765. The molecule has 2 nitrogen and oxygen atoms in total. The highest BCUT2D eigenvalue weighted by atomic mass is 16.5. The third-order valence-electron chi connectivity index (χ3n) is 3.83. The minimum Gasteiger partial charge on any atom is -0.456 e. The highest BCUT2D eigenvalue weighted by molar-refractivity contribution is 5.87. The van der Waals surface area contributed by atoms with Crippen molar-refractivity contribution in [2.45, 2.75) is 19.3 Å². The smallest absolute Gasteiger partial charge is 0.141 e. The van der Waals surface area contributed by atoms with Crippen molar-refractivity contribution in [2.24, 2.45) is 0 Å². The molecule has 1 aliphatic carbocycles. The number of aromatic nitrogens is 1. The van der Waals surface area contributed by atoms with Crippen LogP contribution in [0, 0.1) is 0 Å². The van der Waals surface area contributed by atoms with Crippen molar-refractivity contribution in [1.29, 1.82) is 0 Å². The molecule has 2 aromatic carbocycles. The monoisotopic (exact) mass is 261 g/mol. The number of rotatable bonds is 2. The van der Waals surface area contributed by atoms with Gasteiger partial charge in [-0.2, -0.15) is 0 Å². The Hall–Kier alpha value is -2.35. The zero-order valence-corrected chi connectivity index (χ0v) is 11.2. The third-order valence-corrected chi connectivity index (χ3v) is 3.83. The van der Waals surface area contributed by atoms with Crippen molar-refractivity contribution in [1.82, 2.24) is 4.98 Å². The van der Waals surface area contributed by atoms with Gasteiger partial charge < -0.3 is 4.74 Å². The van der Waals surface area contributed by atoms with E-state index < -0.39 is 0 Å². The number of para-hydroxylation sites is 2. The fraction of sp³-hybridized carbons (Fsp3) is 0.167. The second-order valence-corrected chi connectivity index (χ2v) is 5.15. The molecule has 0 atom stereocenters. The van der Waals surface area contributed by atoms with Crippen LogP contribution in [-0.2, 0) is 12.8 Å². The molecule has 0 radical (unpaired) electrons. The summed E-state index contributed by atoms with van der Waals surface area (Å²) in [6, 6.07) is 18.2. The van der Waals surface area contributed by atoms with Crippen molar-refractivity contribution in [3.8, 4) is 11.5 Å². The standard InChI is InChI=1S/C18H15NO/c1-2-7-13(8-3-1)20-18-14-9-4-5-11-16(14)19-17-12-6-10-15(17)18/h1-5,7-9,11H,6,10,12H2. The van der Waals surface area contributed by atoms with E-state index in [1.54, 1.807) is 0 Å². The molecule has 0 N–H and O–H groups in total. The summed E-state index contributed by atoms with van der Waals surface area (Å²) in [6.07, 6.45) is 3.30. The summed E-state index contributed by atoms with van der Waals surface area (Å²) < 4.78 is 6.19. The fourth-order valence-electron chi connectivity index (χ4n) is 2.89. The molecule has 0 amide bonds. The first kappa shape index (κ1) is 11.5. The number of nitrogens with zero attached hydrogens (tertiary/aromatic N) is 1. The lowest BCUT2D eigenvalue weighted by atomic mass is 10.1. The average Bonchev–Trinajstić information content (AvgIpc) is 2.96. The first-order valence-electron chi connectivity index (χ1n) is 7.05. The maximum absolute atomic E-state index is 6.19. The molecule has 3 aromatic rings. The Morgan fingerprint density at radius 1 is 0.850 bits per heavy atom. The van der Waals surface area contributed by atoms with Crippen molar-refractivity contribution >= 4 is 10.9 Å². The van der Waals surface area contributed by atoms with E-state index in [-0.39, 0.29) is 0 Å². The number of aryl methyl sites for hydroxylation is 1. The fourth-order valence-corrected chi connectivity index (χ4v) is 2.89. The Labute approximate surface area is 118 Å². The van der Waals surface area contributed by atoms with E-state index in [0.717, 1.165) is 35.2 Å². The molecule has 1 heterocycles. The quantitative estimate of drug-likeness (QED) is 0.676. The second kappa shape index (κ2) is 4.64. The number of pyridine rings is 1. The number of benzene rings is 2. The molecule has 98 valence electrons. The first-order valence-corrected chi connectivity index (χ1v) is 7.05. The molecular weight excluding hydrogens is 246 g/mol.